The number of nitrogens with zero attached hydrogens (tertiary/aromatic N) is 3. The van der Waals surface area contributed by atoms with Gasteiger partial charge in [0, 0.05) is 28.6 Å². The lowest BCUT2D eigenvalue weighted by Crippen LogP contribution is -2.15. The quantitative estimate of drug-likeness (QED) is 0.340. The average Bonchev–Trinajstić information content (AvgIpc) is 3.23. The minimum atomic E-state index is -0.629. The van der Waals surface area contributed by atoms with Gasteiger partial charge in [0.15, 0.2) is 5.65 Å². The summed E-state index contributed by atoms with van der Waals surface area (Å²) in [5, 5.41) is 3.91. The first-order valence-electron chi connectivity index (χ1n) is 9.48. The number of H-pyrrole nitrogens is 1. The first-order chi connectivity index (χ1) is 15.1. The second-order valence-electron chi connectivity index (χ2n) is 6.92. The number of hydrogen-bond acceptors (Lipinski definition) is 5. The summed E-state index contributed by atoms with van der Waals surface area (Å²) >= 11 is 6.23. The molecule has 0 unspecified atom stereocenters. The van der Waals surface area contributed by atoms with Gasteiger partial charge in [-0.1, -0.05) is 60.1 Å². The molecule has 0 saturated carbocycles. The number of aromatic amines is 1. The fourth-order valence-electron chi connectivity index (χ4n) is 3.31. The van der Waals surface area contributed by atoms with E-state index >= 15 is 0 Å². The van der Waals surface area contributed by atoms with Gasteiger partial charge < -0.3 is 4.74 Å². The molecule has 1 N–H and O–H groups in total. The van der Waals surface area contributed by atoms with E-state index in [4.69, 9.17) is 16.3 Å². The van der Waals surface area contributed by atoms with Crippen LogP contribution in [0.3, 0.4) is 0 Å². The summed E-state index contributed by atoms with van der Waals surface area (Å²) in [6, 6.07) is 21.6. The van der Waals surface area contributed by atoms with Gasteiger partial charge in [0.05, 0.1) is 11.2 Å². The van der Waals surface area contributed by atoms with Crippen LogP contribution in [0.4, 0.5) is 0 Å². The largest absolute Gasteiger partial charge is 0.456 e. The number of halogens is 1. The number of esters is 1. The van der Waals surface area contributed by atoms with Crippen LogP contribution in [0.1, 0.15) is 16.1 Å². The van der Waals surface area contributed by atoms with E-state index in [2.05, 4.69) is 15.1 Å². The highest BCUT2D eigenvalue weighted by Crippen LogP contribution is 2.22. The zero-order valence-corrected chi connectivity index (χ0v) is 16.8. The molecule has 7 nitrogen and oxygen atoms in total. The fraction of sp³-hybridized carbons (Fsp3) is 0.0435. The first kappa shape index (κ1) is 19.0. The second-order valence-corrected chi connectivity index (χ2v) is 7.27. The molecule has 0 amide bonds. The minimum absolute atomic E-state index is 0.0531. The van der Waals surface area contributed by atoms with Crippen molar-refractivity contribution in [3.05, 3.63) is 99.6 Å². The van der Waals surface area contributed by atoms with Crippen molar-refractivity contribution in [2.24, 2.45) is 0 Å². The Kier molecular flexibility index (Phi) is 4.72. The van der Waals surface area contributed by atoms with Crippen LogP contribution >= 0.6 is 11.6 Å². The SMILES string of the molecule is O=C(OCc1cc2ccccc2nc1Cl)c1cc2nc(-c3ccccc3)cc(=O)n2[nH]1. The number of hydrogen-bond donors (Lipinski definition) is 1. The third kappa shape index (κ3) is 3.67. The molecule has 0 fully saturated rings. The molecular formula is C23H15ClN4O3. The molecule has 0 aliphatic rings. The summed E-state index contributed by atoms with van der Waals surface area (Å²) in [5.74, 6) is -0.629. The summed E-state index contributed by atoms with van der Waals surface area (Å²) in [5.41, 5.74) is 2.79. The van der Waals surface area contributed by atoms with Gasteiger partial charge in [-0.25, -0.2) is 19.3 Å². The molecule has 31 heavy (non-hydrogen) atoms. The van der Waals surface area contributed by atoms with Gasteiger partial charge in [-0.15, -0.1) is 0 Å². The maximum Gasteiger partial charge on any atom is 0.356 e. The Labute approximate surface area is 180 Å². The number of aromatic nitrogens is 4. The number of pyridine rings is 1. The molecule has 0 saturated heterocycles. The van der Waals surface area contributed by atoms with Gasteiger partial charge in [0.2, 0.25) is 0 Å². The minimum Gasteiger partial charge on any atom is -0.456 e. The van der Waals surface area contributed by atoms with Crippen LogP contribution in [0.5, 0.6) is 0 Å². The lowest BCUT2D eigenvalue weighted by Gasteiger charge is -2.07. The van der Waals surface area contributed by atoms with Crippen LogP contribution in [-0.2, 0) is 11.3 Å². The van der Waals surface area contributed by atoms with E-state index < -0.39 is 5.97 Å². The molecule has 0 aliphatic heterocycles. The number of ether oxygens (including phenoxy) is 1. The molecule has 3 heterocycles. The van der Waals surface area contributed by atoms with Crippen molar-refractivity contribution in [3.63, 3.8) is 0 Å². The molecule has 3 aromatic heterocycles. The Morgan fingerprint density at radius 1 is 1.00 bits per heavy atom. The number of rotatable bonds is 4. The van der Waals surface area contributed by atoms with Crippen LogP contribution in [-0.4, -0.2) is 25.6 Å². The molecule has 8 heteroatoms. The molecule has 0 radical (unpaired) electrons. The number of nitrogens with one attached hydrogen (secondary N) is 1. The number of benzene rings is 2. The maximum atomic E-state index is 12.6. The van der Waals surface area contributed by atoms with Crippen molar-refractivity contribution in [1.82, 2.24) is 19.6 Å². The smallest absolute Gasteiger partial charge is 0.356 e. The molecule has 5 aromatic rings. The van der Waals surface area contributed by atoms with E-state index in [1.54, 1.807) is 0 Å². The van der Waals surface area contributed by atoms with Gasteiger partial charge in [0.25, 0.3) is 5.56 Å². The Bertz CT molecular complexity index is 1490. The zero-order valence-electron chi connectivity index (χ0n) is 16.1. The van der Waals surface area contributed by atoms with Crippen LogP contribution in [0.15, 0.2) is 77.6 Å². The van der Waals surface area contributed by atoms with E-state index in [0.717, 1.165) is 16.5 Å². The van der Waals surface area contributed by atoms with Crippen molar-refractivity contribution in [2.75, 3.05) is 0 Å². The predicted molar refractivity (Wildman–Crippen MR) is 117 cm³/mol. The topological polar surface area (TPSA) is 89.3 Å². The standard InChI is InChI=1S/C23H15ClN4O3/c24-22-16(10-15-8-4-5-9-17(15)26-22)13-31-23(30)19-11-20-25-18(12-21(29)28(20)27-19)14-6-2-1-3-7-14/h1-12,27H,13H2. The van der Waals surface area contributed by atoms with Gasteiger partial charge >= 0.3 is 5.97 Å². The van der Waals surface area contributed by atoms with E-state index in [-0.39, 0.29) is 23.0 Å². The second kappa shape index (κ2) is 7.70. The van der Waals surface area contributed by atoms with Crippen LogP contribution in [0.2, 0.25) is 5.15 Å². The van der Waals surface area contributed by atoms with Crippen LogP contribution in [0, 0.1) is 0 Å². The van der Waals surface area contributed by atoms with Crippen molar-refractivity contribution < 1.29 is 9.53 Å². The first-order valence-corrected chi connectivity index (χ1v) is 9.86. The number of carbonyl (C=O) groups excluding carboxylic acids is 1. The van der Waals surface area contributed by atoms with Crippen molar-refractivity contribution in [3.8, 4) is 11.3 Å². The number of para-hydroxylation sites is 1. The third-order valence-corrected chi connectivity index (χ3v) is 5.18. The van der Waals surface area contributed by atoms with Crippen molar-refractivity contribution in [1.29, 1.82) is 0 Å². The van der Waals surface area contributed by atoms with Gasteiger partial charge in [-0.3, -0.25) is 9.89 Å². The molecule has 5 rings (SSSR count). The summed E-state index contributed by atoms with van der Waals surface area (Å²) in [6.45, 7) is -0.0531. The summed E-state index contributed by atoms with van der Waals surface area (Å²) in [6.07, 6.45) is 0. The lowest BCUT2D eigenvalue weighted by molar-refractivity contribution is 0.0465. The van der Waals surface area contributed by atoms with Crippen LogP contribution < -0.4 is 5.56 Å². The number of fused-ring (bicyclic) bond motifs is 2. The molecule has 0 atom stereocenters. The Hall–Kier alpha value is -3.97. The van der Waals surface area contributed by atoms with Gasteiger partial charge in [-0.2, -0.15) is 0 Å². The van der Waals surface area contributed by atoms with Gasteiger partial charge in [-0.05, 0) is 12.1 Å². The highest BCUT2D eigenvalue weighted by Gasteiger charge is 2.15. The summed E-state index contributed by atoms with van der Waals surface area (Å²) in [7, 11) is 0. The summed E-state index contributed by atoms with van der Waals surface area (Å²) in [4.78, 5) is 33.8. The Balaban J connectivity index is 1.41. The monoisotopic (exact) mass is 430 g/mol. The number of carbonyl (C=O) groups is 1. The van der Waals surface area contributed by atoms with E-state index in [9.17, 15) is 9.59 Å². The third-order valence-electron chi connectivity index (χ3n) is 4.85. The highest BCUT2D eigenvalue weighted by atomic mass is 35.5. The molecule has 0 spiro atoms. The van der Waals surface area contributed by atoms with E-state index in [1.807, 2.05) is 60.7 Å². The normalized spacial score (nSPS) is 11.1. The maximum absolute atomic E-state index is 12.6. The Morgan fingerprint density at radius 3 is 2.61 bits per heavy atom. The van der Waals surface area contributed by atoms with Crippen LogP contribution in [0.25, 0.3) is 27.8 Å². The lowest BCUT2D eigenvalue weighted by atomic mass is 10.1. The van der Waals surface area contributed by atoms with Crippen molar-refractivity contribution >= 4 is 34.1 Å². The molecule has 0 bridgehead atoms. The van der Waals surface area contributed by atoms with Crippen molar-refractivity contribution in [2.45, 2.75) is 6.61 Å². The van der Waals surface area contributed by atoms with E-state index in [0.29, 0.717) is 16.9 Å². The molecular weight excluding hydrogens is 416 g/mol. The molecule has 0 aliphatic carbocycles. The molecule has 152 valence electrons. The zero-order chi connectivity index (χ0) is 21.4. The Morgan fingerprint density at radius 2 is 1.77 bits per heavy atom. The highest BCUT2D eigenvalue weighted by molar-refractivity contribution is 6.30. The molecule has 2 aromatic carbocycles. The average molecular weight is 431 g/mol. The van der Waals surface area contributed by atoms with E-state index in [1.165, 1.54) is 16.6 Å². The summed E-state index contributed by atoms with van der Waals surface area (Å²) < 4.78 is 6.59. The van der Waals surface area contributed by atoms with Gasteiger partial charge in [0.1, 0.15) is 17.5 Å². The predicted octanol–water partition coefficient (Wildman–Crippen LogP) is 4.25. The fourth-order valence-corrected chi connectivity index (χ4v) is 3.51.